The highest BCUT2D eigenvalue weighted by atomic mass is 16.6. The number of non-ortho nitro benzene ring substituents is 1. The van der Waals surface area contributed by atoms with E-state index < -0.39 is 29.5 Å². The summed E-state index contributed by atoms with van der Waals surface area (Å²) in [6.45, 7) is 3.28. The summed E-state index contributed by atoms with van der Waals surface area (Å²) >= 11 is 0. The van der Waals surface area contributed by atoms with Gasteiger partial charge in [-0.2, -0.15) is 4.98 Å². The Labute approximate surface area is 187 Å². The highest BCUT2D eigenvalue weighted by Crippen LogP contribution is 2.36. The number of aromatic nitrogens is 4. The Morgan fingerprint density at radius 2 is 2.00 bits per heavy atom. The van der Waals surface area contributed by atoms with E-state index in [0.29, 0.717) is 11.2 Å². The highest BCUT2D eigenvalue weighted by Gasteiger charge is 2.43. The molecule has 3 heterocycles. The zero-order valence-corrected chi connectivity index (χ0v) is 17.9. The van der Waals surface area contributed by atoms with Gasteiger partial charge in [-0.05, 0) is 31.5 Å². The van der Waals surface area contributed by atoms with Gasteiger partial charge >= 0.3 is 0 Å². The first-order valence-electron chi connectivity index (χ1n) is 10.3. The monoisotopic (exact) mass is 460 g/mol. The van der Waals surface area contributed by atoms with E-state index in [1.165, 1.54) is 23.0 Å². The minimum absolute atomic E-state index is 0.0258. The summed E-state index contributed by atoms with van der Waals surface area (Å²) in [5.74, 6) is 0.399. The molecular formula is C20H24N6O7. The molecule has 2 aromatic heterocycles. The molecule has 0 amide bonds. The molecule has 1 aromatic carbocycles. The second-order valence-electron chi connectivity index (χ2n) is 7.81. The molecule has 1 unspecified atom stereocenters. The van der Waals surface area contributed by atoms with E-state index in [-0.39, 0.29) is 42.3 Å². The number of anilines is 1. The fourth-order valence-corrected chi connectivity index (χ4v) is 3.51. The number of fused-ring (bicyclic) bond motifs is 1. The lowest BCUT2D eigenvalue weighted by molar-refractivity contribution is -0.384. The zero-order valence-electron chi connectivity index (χ0n) is 17.9. The molecule has 4 rings (SSSR count). The Morgan fingerprint density at radius 3 is 2.61 bits per heavy atom. The van der Waals surface area contributed by atoms with Crippen molar-refractivity contribution in [3.8, 4) is 5.88 Å². The Bertz CT molecular complexity index is 1140. The van der Waals surface area contributed by atoms with Gasteiger partial charge in [0.05, 0.1) is 17.6 Å². The molecule has 1 aliphatic heterocycles. The van der Waals surface area contributed by atoms with Gasteiger partial charge in [0.25, 0.3) is 5.69 Å². The van der Waals surface area contributed by atoms with Crippen LogP contribution in [0.5, 0.6) is 5.88 Å². The molecule has 0 bridgehead atoms. The van der Waals surface area contributed by atoms with Gasteiger partial charge in [0, 0.05) is 18.2 Å². The van der Waals surface area contributed by atoms with Crippen molar-refractivity contribution in [2.24, 2.45) is 0 Å². The molecule has 0 spiro atoms. The molecule has 1 aliphatic rings. The summed E-state index contributed by atoms with van der Waals surface area (Å²) in [5, 5.41) is 44.0. The van der Waals surface area contributed by atoms with E-state index >= 15 is 0 Å². The van der Waals surface area contributed by atoms with Crippen molar-refractivity contribution in [3.63, 3.8) is 0 Å². The number of hydrogen-bond donors (Lipinski definition) is 4. The number of nitro benzene ring substituents is 1. The maximum absolute atomic E-state index is 10.8. The molecular weight excluding hydrogens is 436 g/mol. The number of rotatable bonds is 8. The molecule has 1 fully saturated rings. The van der Waals surface area contributed by atoms with Crippen molar-refractivity contribution in [2.75, 3.05) is 11.9 Å². The van der Waals surface area contributed by atoms with Crippen molar-refractivity contribution in [1.29, 1.82) is 0 Å². The lowest BCUT2D eigenvalue weighted by atomic mass is 10.1. The Balaban J connectivity index is 1.68. The lowest BCUT2D eigenvalue weighted by Crippen LogP contribution is -2.31. The van der Waals surface area contributed by atoms with E-state index in [0.717, 1.165) is 0 Å². The molecule has 4 N–H and O–H groups in total. The Morgan fingerprint density at radius 1 is 1.27 bits per heavy atom. The van der Waals surface area contributed by atoms with Gasteiger partial charge in [-0.1, -0.05) is 0 Å². The fraction of sp³-hybridized carbons (Fsp3) is 0.450. The largest absolute Gasteiger partial charge is 0.471 e. The standard InChI is InChI=1S/C20H24N6O7/c1-10(7-27)23-20-24-14-17(25(20)19-16(29)15(28)11(2)33-19)21-9-22-18(14)32-8-12-3-5-13(6-4-12)26(30)31/h3-6,9-11,15-16,19,27-29H,7-8H2,1-2H3,(H,23,24)/t10?,11-,15-,16-,19-/m1/s1. The highest BCUT2D eigenvalue weighted by molar-refractivity contribution is 5.79. The smallest absolute Gasteiger partial charge is 0.269 e. The lowest BCUT2D eigenvalue weighted by Gasteiger charge is -2.21. The number of hydrogen-bond acceptors (Lipinski definition) is 11. The maximum atomic E-state index is 10.8. The van der Waals surface area contributed by atoms with Crippen molar-refractivity contribution >= 4 is 22.8 Å². The second kappa shape index (κ2) is 9.23. The van der Waals surface area contributed by atoms with E-state index in [1.807, 2.05) is 0 Å². The van der Waals surface area contributed by atoms with Crippen molar-refractivity contribution < 1.29 is 29.7 Å². The number of nitrogens with one attached hydrogen (secondary N) is 1. The van der Waals surface area contributed by atoms with Gasteiger partial charge in [0.15, 0.2) is 17.4 Å². The van der Waals surface area contributed by atoms with Crippen LogP contribution in [0.15, 0.2) is 30.6 Å². The normalized spacial score (nSPS) is 23.5. The number of aliphatic hydroxyl groups excluding tert-OH is 3. The SMILES string of the molecule is CC(CO)Nc1nc2c(OCc3ccc([N+](=O)[O-])cc3)ncnc2n1[C@@H]1O[C@H](C)[C@@H](O)[C@H]1O. The summed E-state index contributed by atoms with van der Waals surface area (Å²) in [6, 6.07) is 5.55. The summed E-state index contributed by atoms with van der Waals surface area (Å²) < 4.78 is 13.1. The van der Waals surface area contributed by atoms with Crippen molar-refractivity contribution in [3.05, 3.63) is 46.3 Å². The van der Waals surface area contributed by atoms with Crippen LogP contribution in [0.2, 0.25) is 0 Å². The minimum Gasteiger partial charge on any atom is -0.471 e. The second-order valence-corrected chi connectivity index (χ2v) is 7.81. The van der Waals surface area contributed by atoms with E-state index in [9.17, 15) is 25.4 Å². The Kier molecular flexibility index (Phi) is 6.37. The summed E-state index contributed by atoms with van der Waals surface area (Å²) in [5.41, 5.74) is 1.23. The molecule has 0 radical (unpaired) electrons. The number of nitrogens with zero attached hydrogens (tertiary/aromatic N) is 5. The first-order chi connectivity index (χ1) is 15.8. The number of nitro groups is 1. The van der Waals surface area contributed by atoms with Gasteiger partial charge in [0.2, 0.25) is 11.8 Å². The molecule has 1 saturated heterocycles. The summed E-state index contributed by atoms with van der Waals surface area (Å²) in [6.07, 6.45) is -2.67. The quantitative estimate of drug-likeness (QED) is 0.275. The third-order valence-electron chi connectivity index (χ3n) is 5.35. The van der Waals surface area contributed by atoms with E-state index in [4.69, 9.17) is 9.47 Å². The predicted molar refractivity (Wildman–Crippen MR) is 115 cm³/mol. The molecule has 0 aliphatic carbocycles. The van der Waals surface area contributed by atoms with Crippen LogP contribution < -0.4 is 10.1 Å². The average Bonchev–Trinajstić information content (AvgIpc) is 3.29. The minimum atomic E-state index is -1.23. The average molecular weight is 460 g/mol. The van der Waals surface area contributed by atoms with Crippen LogP contribution in [0.25, 0.3) is 11.2 Å². The maximum Gasteiger partial charge on any atom is 0.269 e. The molecule has 13 heteroatoms. The van der Waals surface area contributed by atoms with Gasteiger partial charge in [-0.15, -0.1) is 0 Å². The predicted octanol–water partition coefficient (Wildman–Crippen LogP) is 0.745. The van der Waals surface area contributed by atoms with Crippen molar-refractivity contribution in [1.82, 2.24) is 19.5 Å². The molecule has 3 aromatic rings. The van der Waals surface area contributed by atoms with Gasteiger partial charge < -0.3 is 30.1 Å². The zero-order chi connectivity index (χ0) is 23.7. The molecule has 5 atom stereocenters. The first-order valence-corrected chi connectivity index (χ1v) is 10.3. The number of aliphatic hydroxyl groups is 3. The van der Waals surface area contributed by atoms with Crippen LogP contribution in [-0.4, -0.2) is 70.7 Å². The molecule has 176 valence electrons. The molecule has 33 heavy (non-hydrogen) atoms. The van der Waals surface area contributed by atoms with Gasteiger partial charge in [0.1, 0.15) is 25.1 Å². The number of imidazole rings is 1. The van der Waals surface area contributed by atoms with Gasteiger partial charge in [-0.3, -0.25) is 14.7 Å². The first kappa shape index (κ1) is 22.8. The third-order valence-corrected chi connectivity index (χ3v) is 5.35. The third kappa shape index (κ3) is 4.43. The fourth-order valence-electron chi connectivity index (χ4n) is 3.51. The van der Waals surface area contributed by atoms with Crippen LogP contribution in [-0.2, 0) is 11.3 Å². The van der Waals surface area contributed by atoms with E-state index in [2.05, 4.69) is 20.3 Å². The summed E-state index contributed by atoms with van der Waals surface area (Å²) in [7, 11) is 0. The number of benzene rings is 1. The van der Waals surface area contributed by atoms with Gasteiger partial charge in [-0.25, -0.2) is 9.97 Å². The Hall–Kier alpha value is -3.39. The van der Waals surface area contributed by atoms with Crippen LogP contribution >= 0.6 is 0 Å². The van der Waals surface area contributed by atoms with Crippen LogP contribution in [0.3, 0.4) is 0 Å². The van der Waals surface area contributed by atoms with Crippen LogP contribution in [0.4, 0.5) is 11.6 Å². The van der Waals surface area contributed by atoms with Crippen LogP contribution in [0, 0.1) is 10.1 Å². The van der Waals surface area contributed by atoms with E-state index in [1.54, 1.807) is 26.0 Å². The molecule has 0 saturated carbocycles. The topological polar surface area (TPSA) is 178 Å². The number of ether oxygens (including phenoxy) is 2. The van der Waals surface area contributed by atoms with Crippen molar-refractivity contribution in [2.45, 2.75) is 51.0 Å². The molecule has 13 nitrogen and oxygen atoms in total. The summed E-state index contributed by atoms with van der Waals surface area (Å²) in [4.78, 5) is 23.3. The van der Waals surface area contributed by atoms with Crippen LogP contribution in [0.1, 0.15) is 25.6 Å².